The van der Waals surface area contributed by atoms with Crippen LogP contribution < -0.4 is 15.4 Å². The summed E-state index contributed by atoms with van der Waals surface area (Å²) in [6.45, 7) is 2.76. The van der Waals surface area contributed by atoms with E-state index in [1.165, 1.54) is 11.0 Å². The van der Waals surface area contributed by atoms with Crippen LogP contribution >= 0.6 is 0 Å². The molecule has 0 unspecified atom stereocenters. The first-order valence-electron chi connectivity index (χ1n) is 13.6. The molecule has 2 aromatic carbocycles. The molecule has 1 atom stereocenters. The van der Waals surface area contributed by atoms with Crippen LogP contribution in [0.15, 0.2) is 54.9 Å². The summed E-state index contributed by atoms with van der Waals surface area (Å²) >= 11 is 0. The molecule has 2 amide bonds. The number of hydrogen-bond donors (Lipinski definition) is 3. The standard InChI is InChI=1S/C30H29FN6O4/c1-17-6-9-20-21(10-11-23(31)25(20)36-27(38)18-7-8-18)26(17)41-28-22(5-2-13-32-28)24-12-14-33-29(35-24)34-19-4-3-15-37(16-19)30(39)40/h2,5-6,9-14,18-19H,3-4,7-8,15-16H2,1H3,(H,36,38)(H,39,40)(H,33,34,35)/t19-/m0/s1. The molecule has 4 aromatic rings. The fourth-order valence-corrected chi connectivity index (χ4v) is 5.09. The van der Waals surface area contributed by atoms with Gasteiger partial charge in [0.15, 0.2) is 0 Å². The van der Waals surface area contributed by atoms with E-state index in [2.05, 4.69) is 25.6 Å². The maximum Gasteiger partial charge on any atom is 0.407 e. The molecule has 1 saturated carbocycles. The van der Waals surface area contributed by atoms with Gasteiger partial charge in [0.25, 0.3) is 0 Å². The van der Waals surface area contributed by atoms with E-state index in [0.29, 0.717) is 52.7 Å². The first-order valence-corrected chi connectivity index (χ1v) is 13.6. The average Bonchev–Trinajstić information content (AvgIpc) is 3.82. The summed E-state index contributed by atoms with van der Waals surface area (Å²) in [6.07, 6.45) is 5.49. The number of aryl methyl sites for hydroxylation is 1. The van der Waals surface area contributed by atoms with Crippen molar-refractivity contribution >= 4 is 34.4 Å². The molecule has 2 aliphatic rings. The van der Waals surface area contributed by atoms with Crippen molar-refractivity contribution in [1.82, 2.24) is 19.9 Å². The van der Waals surface area contributed by atoms with Gasteiger partial charge in [-0.3, -0.25) is 4.79 Å². The Morgan fingerprint density at radius 3 is 2.68 bits per heavy atom. The van der Waals surface area contributed by atoms with Gasteiger partial charge in [-0.2, -0.15) is 0 Å². The zero-order valence-corrected chi connectivity index (χ0v) is 22.4. The number of fused-ring (bicyclic) bond motifs is 1. The van der Waals surface area contributed by atoms with E-state index in [-0.39, 0.29) is 23.6 Å². The number of amides is 2. The number of pyridine rings is 1. The number of anilines is 2. The maximum atomic E-state index is 14.9. The number of likely N-dealkylation sites (tertiary alicyclic amines) is 1. The minimum Gasteiger partial charge on any atom is -0.465 e. The Morgan fingerprint density at radius 1 is 1.05 bits per heavy atom. The maximum absolute atomic E-state index is 14.9. The number of nitrogens with zero attached hydrogens (tertiary/aromatic N) is 4. The number of rotatable bonds is 7. The first kappa shape index (κ1) is 26.4. The second kappa shape index (κ2) is 11.0. The van der Waals surface area contributed by atoms with Gasteiger partial charge in [-0.1, -0.05) is 12.1 Å². The number of halogens is 1. The van der Waals surface area contributed by atoms with Crippen molar-refractivity contribution in [2.24, 2.45) is 5.92 Å². The Kier molecular flexibility index (Phi) is 7.08. The van der Waals surface area contributed by atoms with Gasteiger partial charge in [0, 0.05) is 48.2 Å². The van der Waals surface area contributed by atoms with Gasteiger partial charge in [-0.25, -0.2) is 24.1 Å². The normalized spacial score (nSPS) is 16.8. The Labute approximate surface area is 235 Å². The number of piperidine rings is 1. The van der Waals surface area contributed by atoms with Crippen molar-refractivity contribution in [3.05, 3.63) is 66.2 Å². The molecular formula is C30H29FN6O4. The van der Waals surface area contributed by atoms with Crippen LogP contribution in [-0.2, 0) is 4.79 Å². The van der Waals surface area contributed by atoms with Gasteiger partial charge < -0.3 is 25.4 Å². The highest BCUT2D eigenvalue weighted by Gasteiger charge is 2.30. The summed E-state index contributed by atoms with van der Waals surface area (Å²) in [4.78, 5) is 38.7. The zero-order chi connectivity index (χ0) is 28.5. The van der Waals surface area contributed by atoms with Crippen molar-refractivity contribution in [3.63, 3.8) is 0 Å². The topological polar surface area (TPSA) is 130 Å². The molecule has 3 N–H and O–H groups in total. The second-order valence-electron chi connectivity index (χ2n) is 10.4. The molecule has 1 aliphatic heterocycles. The quantitative estimate of drug-likeness (QED) is 0.259. The first-order chi connectivity index (χ1) is 19.9. The van der Waals surface area contributed by atoms with Crippen LogP contribution in [0.5, 0.6) is 11.6 Å². The van der Waals surface area contributed by atoms with E-state index in [0.717, 1.165) is 31.2 Å². The lowest BCUT2D eigenvalue weighted by atomic mass is 10.0. The van der Waals surface area contributed by atoms with Gasteiger partial charge in [-0.05, 0) is 68.5 Å². The highest BCUT2D eigenvalue weighted by molar-refractivity contribution is 6.05. The van der Waals surface area contributed by atoms with E-state index in [1.54, 1.807) is 36.7 Å². The van der Waals surface area contributed by atoms with E-state index in [1.807, 2.05) is 19.1 Å². The van der Waals surface area contributed by atoms with E-state index in [4.69, 9.17) is 4.74 Å². The molecule has 2 aromatic heterocycles. The van der Waals surface area contributed by atoms with E-state index in [9.17, 15) is 19.1 Å². The fraction of sp³-hybridized carbons (Fsp3) is 0.300. The molecular weight excluding hydrogens is 527 g/mol. The molecule has 11 heteroatoms. The average molecular weight is 557 g/mol. The van der Waals surface area contributed by atoms with Crippen LogP contribution in [0, 0.1) is 18.7 Å². The summed E-state index contributed by atoms with van der Waals surface area (Å²) < 4.78 is 21.3. The molecule has 0 bridgehead atoms. The van der Waals surface area contributed by atoms with Crippen LogP contribution in [-0.4, -0.2) is 56.1 Å². The highest BCUT2D eigenvalue weighted by Crippen LogP contribution is 2.40. The molecule has 210 valence electrons. The van der Waals surface area contributed by atoms with Gasteiger partial charge in [0.1, 0.15) is 11.6 Å². The van der Waals surface area contributed by atoms with Gasteiger partial charge >= 0.3 is 6.09 Å². The minimum atomic E-state index is -0.938. The smallest absolute Gasteiger partial charge is 0.407 e. The summed E-state index contributed by atoms with van der Waals surface area (Å²) in [5.41, 5.74) is 2.14. The molecule has 2 fully saturated rings. The van der Waals surface area contributed by atoms with E-state index < -0.39 is 11.9 Å². The Bertz CT molecular complexity index is 1640. The molecule has 3 heterocycles. The summed E-state index contributed by atoms with van der Waals surface area (Å²) in [5.74, 6) is 0.419. The lowest BCUT2D eigenvalue weighted by Crippen LogP contribution is -2.44. The molecule has 10 nitrogen and oxygen atoms in total. The Hall–Kier alpha value is -4.80. The Balaban J connectivity index is 1.30. The summed E-state index contributed by atoms with van der Waals surface area (Å²) in [7, 11) is 0. The number of benzene rings is 2. The number of hydrogen-bond acceptors (Lipinski definition) is 7. The number of carboxylic acid groups (broad SMARTS) is 1. The third kappa shape index (κ3) is 5.60. The van der Waals surface area contributed by atoms with E-state index >= 15 is 0 Å². The molecule has 0 spiro atoms. The third-order valence-electron chi connectivity index (χ3n) is 7.42. The Morgan fingerprint density at radius 2 is 1.88 bits per heavy atom. The predicted octanol–water partition coefficient (Wildman–Crippen LogP) is 5.83. The van der Waals surface area contributed by atoms with Crippen molar-refractivity contribution in [1.29, 1.82) is 0 Å². The molecule has 6 rings (SSSR count). The lowest BCUT2D eigenvalue weighted by Gasteiger charge is -2.31. The number of aromatic nitrogens is 3. The van der Waals surface area contributed by atoms with Gasteiger partial charge in [0.05, 0.1) is 16.9 Å². The van der Waals surface area contributed by atoms with Crippen molar-refractivity contribution < 1.29 is 23.8 Å². The SMILES string of the molecule is Cc1ccc2c(NC(=O)C3CC3)c(F)ccc2c1Oc1ncccc1-c1ccnc(N[C@H]2CCCN(C(=O)O)C2)n1. The van der Waals surface area contributed by atoms with Crippen LogP contribution in [0.3, 0.4) is 0 Å². The monoisotopic (exact) mass is 556 g/mol. The largest absolute Gasteiger partial charge is 0.465 e. The zero-order valence-electron chi connectivity index (χ0n) is 22.4. The number of ether oxygens (including phenoxy) is 1. The second-order valence-corrected chi connectivity index (χ2v) is 10.4. The number of nitrogens with one attached hydrogen (secondary N) is 2. The molecule has 1 aliphatic carbocycles. The van der Waals surface area contributed by atoms with Crippen LogP contribution in [0.25, 0.3) is 22.0 Å². The number of carbonyl (C=O) groups is 2. The van der Waals surface area contributed by atoms with Crippen molar-refractivity contribution in [2.75, 3.05) is 23.7 Å². The number of carbonyl (C=O) groups excluding carboxylic acids is 1. The van der Waals surface area contributed by atoms with Crippen LogP contribution in [0.2, 0.25) is 0 Å². The van der Waals surface area contributed by atoms with Gasteiger partial charge in [0.2, 0.25) is 17.7 Å². The third-order valence-corrected chi connectivity index (χ3v) is 7.42. The van der Waals surface area contributed by atoms with Gasteiger partial charge in [-0.15, -0.1) is 0 Å². The highest BCUT2D eigenvalue weighted by atomic mass is 19.1. The van der Waals surface area contributed by atoms with Crippen LogP contribution in [0.4, 0.5) is 20.8 Å². The minimum absolute atomic E-state index is 0.0663. The summed E-state index contributed by atoms with van der Waals surface area (Å²) in [5, 5.41) is 16.6. The van der Waals surface area contributed by atoms with Crippen molar-refractivity contribution in [3.8, 4) is 22.9 Å². The van der Waals surface area contributed by atoms with Crippen molar-refractivity contribution in [2.45, 2.75) is 38.6 Å². The summed E-state index contributed by atoms with van der Waals surface area (Å²) in [6, 6.07) is 11.8. The van der Waals surface area contributed by atoms with Crippen LogP contribution in [0.1, 0.15) is 31.2 Å². The lowest BCUT2D eigenvalue weighted by molar-refractivity contribution is -0.117. The fourth-order valence-electron chi connectivity index (χ4n) is 5.09. The molecule has 0 radical (unpaired) electrons. The molecule has 1 saturated heterocycles. The predicted molar refractivity (Wildman–Crippen MR) is 152 cm³/mol. The molecule has 41 heavy (non-hydrogen) atoms.